The van der Waals surface area contributed by atoms with E-state index in [2.05, 4.69) is 11.9 Å². The van der Waals surface area contributed by atoms with Crippen LogP contribution in [0.1, 0.15) is 17.5 Å². The zero-order valence-corrected chi connectivity index (χ0v) is 11.7. The van der Waals surface area contributed by atoms with E-state index >= 15 is 0 Å². The number of hydrogen-bond donors (Lipinski definition) is 1. The standard InChI is InChI=1S/C17H15NO3/c1-18-6-15-5-9(20)13-16-11-7(2-3-8(19)12(11)21-13)4-10(18)17(15,16)14(15)16/h2-3,10,13-14,19H,4-6H2,1H3/t10-,13+,14?,15+,16+,17+/m1/s1. The molecule has 4 aliphatic carbocycles. The first-order chi connectivity index (χ1) is 10.1. The molecule has 3 spiro atoms. The van der Waals surface area contributed by atoms with Gasteiger partial charge in [0, 0.05) is 35.4 Å². The van der Waals surface area contributed by atoms with E-state index < -0.39 is 0 Å². The summed E-state index contributed by atoms with van der Waals surface area (Å²) in [5.41, 5.74) is 2.96. The van der Waals surface area contributed by atoms with Crippen LogP contribution in [0.5, 0.6) is 11.5 Å². The molecule has 0 amide bonds. The van der Waals surface area contributed by atoms with Crippen molar-refractivity contribution >= 4 is 5.78 Å². The van der Waals surface area contributed by atoms with Crippen LogP contribution in [0.2, 0.25) is 0 Å². The fourth-order valence-electron chi connectivity index (χ4n) is 7.81. The molecule has 1 saturated heterocycles. The summed E-state index contributed by atoms with van der Waals surface area (Å²) < 4.78 is 6.04. The number of ketones is 1. The first kappa shape index (κ1) is 10.2. The molecule has 2 heterocycles. The zero-order chi connectivity index (χ0) is 13.9. The normalized spacial score (nSPS) is 55.9. The molecule has 3 saturated carbocycles. The van der Waals surface area contributed by atoms with Crippen LogP contribution in [0.4, 0.5) is 0 Å². The highest BCUT2D eigenvalue weighted by molar-refractivity contribution is 5.98. The van der Waals surface area contributed by atoms with Crippen molar-refractivity contribution in [1.82, 2.24) is 4.90 Å². The van der Waals surface area contributed by atoms with Crippen molar-refractivity contribution in [3.8, 4) is 11.5 Å². The maximum Gasteiger partial charge on any atom is 0.174 e. The number of hydrogen-bond acceptors (Lipinski definition) is 4. The molecular weight excluding hydrogens is 266 g/mol. The van der Waals surface area contributed by atoms with Crippen molar-refractivity contribution in [3.63, 3.8) is 0 Å². The Labute approximate surface area is 121 Å². The van der Waals surface area contributed by atoms with Gasteiger partial charge < -0.3 is 14.7 Å². The van der Waals surface area contributed by atoms with E-state index in [1.165, 1.54) is 11.1 Å². The van der Waals surface area contributed by atoms with Crippen molar-refractivity contribution in [2.75, 3.05) is 13.6 Å². The average molecular weight is 281 g/mol. The molecule has 1 aromatic rings. The van der Waals surface area contributed by atoms with E-state index in [1.54, 1.807) is 6.07 Å². The van der Waals surface area contributed by atoms with E-state index in [-0.39, 0.29) is 28.5 Å². The molecule has 6 aliphatic rings. The van der Waals surface area contributed by atoms with Crippen molar-refractivity contribution in [1.29, 1.82) is 0 Å². The Kier molecular flexibility index (Phi) is 1.12. The molecule has 1 aromatic carbocycles. The highest BCUT2D eigenvalue weighted by atomic mass is 16.5. The Balaban J connectivity index is 1.63. The van der Waals surface area contributed by atoms with Gasteiger partial charge in [-0.2, -0.15) is 0 Å². The minimum absolute atomic E-state index is 0.0700. The minimum atomic E-state index is -0.319. The highest BCUT2D eigenvalue weighted by Crippen LogP contribution is 3.06. The summed E-state index contributed by atoms with van der Waals surface area (Å²) in [6.45, 7) is 1.07. The smallest absolute Gasteiger partial charge is 0.174 e. The second-order valence-corrected chi connectivity index (χ2v) is 8.05. The Bertz CT molecular complexity index is 818. The second-order valence-electron chi connectivity index (χ2n) is 8.05. The summed E-state index contributed by atoms with van der Waals surface area (Å²) in [5.74, 6) is 1.72. The van der Waals surface area contributed by atoms with Gasteiger partial charge in [0.1, 0.15) is 0 Å². The minimum Gasteiger partial charge on any atom is -0.504 e. The number of rotatable bonds is 0. The van der Waals surface area contributed by atoms with Gasteiger partial charge in [0.25, 0.3) is 0 Å². The van der Waals surface area contributed by atoms with Crippen LogP contribution >= 0.6 is 0 Å². The fraction of sp³-hybridized carbons (Fsp3) is 0.588. The molecular formula is C17H15NO3. The molecule has 0 bridgehead atoms. The van der Waals surface area contributed by atoms with Crippen LogP contribution in [-0.2, 0) is 16.6 Å². The maximum absolute atomic E-state index is 12.6. The first-order valence-electron chi connectivity index (χ1n) is 7.85. The second kappa shape index (κ2) is 2.30. The molecule has 4 nitrogen and oxygen atoms in total. The summed E-state index contributed by atoms with van der Waals surface area (Å²) in [5, 5.41) is 10.2. The predicted molar refractivity (Wildman–Crippen MR) is 72.3 cm³/mol. The molecule has 4 heteroatoms. The molecule has 0 aromatic heterocycles. The van der Waals surface area contributed by atoms with Gasteiger partial charge in [0.05, 0.1) is 5.41 Å². The van der Waals surface area contributed by atoms with Crippen LogP contribution in [0, 0.1) is 16.7 Å². The van der Waals surface area contributed by atoms with Crippen LogP contribution < -0.4 is 4.74 Å². The lowest BCUT2D eigenvalue weighted by Gasteiger charge is -2.44. The number of likely N-dealkylation sites (N-methyl/N-ethyl adjacent to an activating group) is 1. The zero-order valence-electron chi connectivity index (χ0n) is 11.7. The monoisotopic (exact) mass is 281 g/mol. The number of phenolic OH excluding ortho intramolecular Hbond substituents is 1. The molecule has 2 aliphatic heterocycles. The summed E-state index contributed by atoms with van der Waals surface area (Å²) in [7, 11) is 2.21. The first-order valence-corrected chi connectivity index (χ1v) is 7.85. The van der Waals surface area contributed by atoms with Crippen LogP contribution in [0.25, 0.3) is 0 Å². The highest BCUT2D eigenvalue weighted by Gasteiger charge is 3.11. The lowest BCUT2D eigenvalue weighted by molar-refractivity contribution is -0.135. The number of phenols is 1. The molecule has 21 heavy (non-hydrogen) atoms. The Morgan fingerprint density at radius 3 is 3.14 bits per heavy atom. The summed E-state index contributed by atoms with van der Waals surface area (Å²) >= 11 is 0. The number of piperidine rings is 1. The number of nitrogens with zero attached hydrogens (tertiary/aromatic N) is 1. The SMILES string of the molecule is CN1C[C@@]23CC(=O)[C@@H]4Oc5c(O)ccc6c5[C@@]45C2[C@@]35[C@H]1C6. The molecule has 0 radical (unpaired) electrons. The van der Waals surface area contributed by atoms with Crippen LogP contribution in [0.3, 0.4) is 0 Å². The predicted octanol–water partition coefficient (Wildman–Crippen LogP) is 0.850. The third-order valence-corrected chi connectivity index (χ3v) is 7.88. The van der Waals surface area contributed by atoms with Gasteiger partial charge in [-0.05, 0) is 31.0 Å². The molecule has 6 atom stereocenters. The third-order valence-electron chi connectivity index (χ3n) is 7.88. The molecule has 1 unspecified atom stereocenters. The van der Waals surface area contributed by atoms with Gasteiger partial charge in [0.2, 0.25) is 0 Å². The Morgan fingerprint density at radius 1 is 1.43 bits per heavy atom. The Morgan fingerprint density at radius 2 is 2.29 bits per heavy atom. The van der Waals surface area contributed by atoms with E-state index in [0.717, 1.165) is 13.0 Å². The van der Waals surface area contributed by atoms with Gasteiger partial charge in [0.15, 0.2) is 23.4 Å². The van der Waals surface area contributed by atoms with E-state index in [1.807, 2.05) is 6.07 Å². The van der Waals surface area contributed by atoms with Crippen molar-refractivity contribution in [2.24, 2.45) is 16.7 Å². The number of carbonyl (C=O) groups excluding carboxylic acids is 1. The third kappa shape index (κ3) is 0.597. The molecule has 106 valence electrons. The van der Waals surface area contributed by atoms with Gasteiger partial charge in [-0.15, -0.1) is 0 Å². The number of ether oxygens (including phenoxy) is 1. The molecule has 1 N–H and O–H groups in total. The van der Waals surface area contributed by atoms with Crippen molar-refractivity contribution in [2.45, 2.75) is 30.4 Å². The number of Topliss-reactive ketones (excluding diaryl/α,β-unsaturated/α-hetero) is 1. The number of aromatic hydroxyl groups is 1. The van der Waals surface area contributed by atoms with Gasteiger partial charge in [-0.3, -0.25) is 4.79 Å². The van der Waals surface area contributed by atoms with E-state index in [4.69, 9.17) is 4.74 Å². The molecule has 4 fully saturated rings. The lowest BCUT2D eigenvalue weighted by atomic mass is 9.56. The average Bonchev–Trinajstić information content (AvgIpc) is 3.15. The van der Waals surface area contributed by atoms with E-state index in [0.29, 0.717) is 29.5 Å². The molecule has 7 rings (SSSR count). The van der Waals surface area contributed by atoms with E-state index in [9.17, 15) is 9.90 Å². The van der Waals surface area contributed by atoms with Crippen molar-refractivity contribution < 1.29 is 14.6 Å². The lowest BCUT2D eigenvalue weighted by Crippen LogP contribution is -2.56. The summed E-state index contributed by atoms with van der Waals surface area (Å²) in [4.78, 5) is 15.1. The Hall–Kier alpha value is -1.55. The van der Waals surface area contributed by atoms with Crippen LogP contribution in [0.15, 0.2) is 12.1 Å². The maximum atomic E-state index is 12.6. The van der Waals surface area contributed by atoms with Gasteiger partial charge >= 0.3 is 0 Å². The topological polar surface area (TPSA) is 49.8 Å². The number of carbonyl (C=O) groups is 1. The quantitative estimate of drug-likeness (QED) is 0.766. The van der Waals surface area contributed by atoms with Crippen molar-refractivity contribution in [3.05, 3.63) is 23.3 Å². The summed E-state index contributed by atoms with van der Waals surface area (Å²) in [6, 6.07) is 4.34. The van der Waals surface area contributed by atoms with Crippen LogP contribution in [-0.4, -0.2) is 41.5 Å². The number of benzene rings is 1. The van der Waals surface area contributed by atoms with Gasteiger partial charge in [-0.1, -0.05) is 6.07 Å². The number of likely N-dealkylation sites (tertiary alicyclic amines) is 1. The largest absolute Gasteiger partial charge is 0.504 e. The summed E-state index contributed by atoms with van der Waals surface area (Å²) in [6.07, 6.45) is 1.42. The fourth-order valence-corrected chi connectivity index (χ4v) is 7.81. The van der Waals surface area contributed by atoms with Gasteiger partial charge in [-0.25, -0.2) is 0 Å².